The summed E-state index contributed by atoms with van der Waals surface area (Å²) in [6, 6.07) is 12.2. The number of aromatic amines is 1. The summed E-state index contributed by atoms with van der Waals surface area (Å²) in [7, 11) is 0. The van der Waals surface area contributed by atoms with Crippen LogP contribution in [0.15, 0.2) is 52.1 Å². The van der Waals surface area contributed by atoms with Crippen molar-refractivity contribution in [3.63, 3.8) is 0 Å². The SMILES string of the molecule is CCNC(=NCc1ccccc1CN1CCOCC1)NCCc1nc(-c2ccco2)n[nH]1.I. The number of guanidine groups is 1. The lowest BCUT2D eigenvalue weighted by atomic mass is 10.1. The van der Waals surface area contributed by atoms with Gasteiger partial charge in [0.25, 0.3) is 0 Å². The maximum absolute atomic E-state index is 5.47. The van der Waals surface area contributed by atoms with Gasteiger partial charge in [0.05, 0.1) is 26.0 Å². The molecule has 0 radical (unpaired) electrons. The van der Waals surface area contributed by atoms with Crippen LogP contribution in [-0.4, -0.2) is 65.4 Å². The van der Waals surface area contributed by atoms with Gasteiger partial charge in [0.15, 0.2) is 11.7 Å². The van der Waals surface area contributed by atoms with Gasteiger partial charge in [-0.15, -0.1) is 24.0 Å². The van der Waals surface area contributed by atoms with Gasteiger partial charge in [-0.1, -0.05) is 24.3 Å². The lowest BCUT2D eigenvalue weighted by molar-refractivity contribution is 0.0341. The molecule has 0 unspecified atom stereocenters. The van der Waals surface area contributed by atoms with Crippen LogP contribution in [0.4, 0.5) is 0 Å². The zero-order valence-electron chi connectivity index (χ0n) is 18.9. The number of hydrogen-bond acceptors (Lipinski definition) is 6. The summed E-state index contributed by atoms with van der Waals surface area (Å²) in [5.74, 6) is 2.82. The molecule has 3 aromatic rings. The van der Waals surface area contributed by atoms with Gasteiger partial charge in [-0.2, -0.15) is 5.10 Å². The van der Waals surface area contributed by atoms with E-state index in [-0.39, 0.29) is 24.0 Å². The average Bonchev–Trinajstić information content (AvgIpc) is 3.51. The molecule has 1 aromatic carbocycles. The predicted octanol–water partition coefficient (Wildman–Crippen LogP) is 2.81. The zero-order valence-corrected chi connectivity index (χ0v) is 21.2. The molecule has 4 rings (SSSR count). The number of rotatable bonds is 9. The quantitative estimate of drug-likeness (QED) is 0.208. The molecular formula is C23H32IN7O2. The summed E-state index contributed by atoms with van der Waals surface area (Å²) >= 11 is 0. The lowest BCUT2D eigenvalue weighted by Crippen LogP contribution is -2.38. The van der Waals surface area contributed by atoms with E-state index in [0.29, 0.717) is 31.1 Å². The molecule has 9 nitrogen and oxygen atoms in total. The van der Waals surface area contributed by atoms with Crippen molar-refractivity contribution in [2.45, 2.75) is 26.4 Å². The number of aliphatic imine (C=N–C) groups is 1. The second kappa shape index (κ2) is 13.3. The number of hydrogen-bond donors (Lipinski definition) is 3. The maximum atomic E-state index is 5.47. The number of furan rings is 1. The number of morpholine rings is 1. The average molecular weight is 565 g/mol. The van der Waals surface area contributed by atoms with Crippen molar-refractivity contribution < 1.29 is 9.15 Å². The Kier molecular flexibility index (Phi) is 10.2. The molecule has 1 fully saturated rings. The van der Waals surface area contributed by atoms with Gasteiger partial charge in [-0.25, -0.2) is 9.98 Å². The van der Waals surface area contributed by atoms with E-state index in [1.165, 1.54) is 11.1 Å². The Morgan fingerprint density at radius 3 is 2.70 bits per heavy atom. The second-order valence-corrected chi connectivity index (χ2v) is 7.61. The second-order valence-electron chi connectivity index (χ2n) is 7.61. The number of benzene rings is 1. The van der Waals surface area contributed by atoms with Crippen LogP contribution in [0.25, 0.3) is 11.6 Å². The van der Waals surface area contributed by atoms with Crippen LogP contribution in [0.2, 0.25) is 0 Å². The summed E-state index contributed by atoms with van der Waals surface area (Å²) in [6.07, 6.45) is 2.32. The molecule has 3 heterocycles. The van der Waals surface area contributed by atoms with E-state index in [1.54, 1.807) is 6.26 Å². The normalized spacial score (nSPS) is 14.6. The number of nitrogens with zero attached hydrogens (tertiary/aromatic N) is 4. The van der Waals surface area contributed by atoms with Gasteiger partial charge in [0, 0.05) is 39.1 Å². The van der Waals surface area contributed by atoms with Crippen LogP contribution < -0.4 is 10.6 Å². The Labute approximate surface area is 211 Å². The number of ether oxygens (including phenoxy) is 1. The molecule has 33 heavy (non-hydrogen) atoms. The van der Waals surface area contributed by atoms with Crippen LogP contribution in [0.3, 0.4) is 0 Å². The van der Waals surface area contributed by atoms with Crippen molar-refractivity contribution in [3.8, 4) is 11.6 Å². The fraction of sp³-hybridized carbons (Fsp3) is 0.435. The summed E-state index contributed by atoms with van der Waals surface area (Å²) in [4.78, 5) is 11.7. The van der Waals surface area contributed by atoms with Crippen molar-refractivity contribution in [2.75, 3.05) is 39.4 Å². The Hall–Kier alpha value is -2.44. The molecule has 10 heteroatoms. The van der Waals surface area contributed by atoms with Crippen LogP contribution in [0.1, 0.15) is 23.9 Å². The van der Waals surface area contributed by atoms with Gasteiger partial charge in [0.2, 0.25) is 5.82 Å². The van der Waals surface area contributed by atoms with Gasteiger partial charge in [-0.05, 0) is 30.2 Å². The highest BCUT2D eigenvalue weighted by molar-refractivity contribution is 14.0. The lowest BCUT2D eigenvalue weighted by Gasteiger charge is -2.27. The van der Waals surface area contributed by atoms with E-state index in [1.807, 2.05) is 12.1 Å². The third-order valence-corrected chi connectivity index (χ3v) is 5.30. The number of nitrogens with one attached hydrogen (secondary N) is 3. The molecule has 3 N–H and O–H groups in total. The summed E-state index contributed by atoms with van der Waals surface area (Å²) < 4.78 is 10.8. The van der Waals surface area contributed by atoms with E-state index >= 15 is 0 Å². The standard InChI is InChI=1S/C23H31N7O2.HI/c1-2-24-23(25-10-9-21-27-22(29-28-21)20-8-5-13-32-20)26-16-18-6-3-4-7-19(18)17-30-11-14-31-15-12-30;/h3-8,13H,2,9-12,14-17H2,1H3,(H2,24,25,26)(H,27,28,29);1H. The minimum absolute atomic E-state index is 0. The molecule has 2 aromatic heterocycles. The molecule has 0 aliphatic carbocycles. The first-order chi connectivity index (χ1) is 15.8. The fourth-order valence-electron chi connectivity index (χ4n) is 3.59. The number of H-pyrrole nitrogens is 1. The number of halogens is 1. The Bertz CT molecular complexity index is 984. The molecule has 1 saturated heterocycles. The topological polar surface area (TPSA) is 104 Å². The summed E-state index contributed by atoms with van der Waals surface area (Å²) in [6.45, 7) is 8.68. The highest BCUT2D eigenvalue weighted by Crippen LogP contribution is 2.15. The molecular weight excluding hydrogens is 533 g/mol. The summed E-state index contributed by atoms with van der Waals surface area (Å²) in [5, 5.41) is 13.9. The molecule has 0 amide bonds. The Morgan fingerprint density at radius 2 is 1.94 bits per heavy atom. The molecule has 0 bridgehead atoms. The first-order valence-corrected chi connectivity index (χ1v) is 11.2. The van der Waals surface area contributed by atoms with Crippen LogP contribution >= 0.6 is 24.0 Å². The fourth-order valence-corrected chi connectivity index (χ4v) is 3.59. The van der Waals surface area contributed by atoms with Crippen LogP contribution in [0, 0.1) is 0 Å². The van der Waals surface area contributed by atoms with Crippen molar-refractivity contribution in [2.24, 2.45) is 4.99 Å². The van der Waals surface area contributed by atoms with E-state index < -0.39 is 0 Å². The van der Waals surface area contributed by atoms with Crippen molar-refractivity contribution >= 4 is 29.9 Å². The Balaban J connectivity index is 0.00000306. The van der Waals surface area contributed by atoms with E-state index in [0.717, 1.165) is 51.2 Å². The van der Waals surface area contributed by atoms with Gasteiger partial charge >= 0.3 is 0 Å². The first kappa shape index (κ1) is 25.2. The van der Waals surface area contributed by atoms with Crippen molar-refractivity contribution in [3.05, 3.63) is 59.6 Å². The van der Waals surface area contributed by atoms with E-state index in [2.05, 4.69) is 61.9 Å². The van der Waals surface area contributed by atoms with E-state index in [9.17, 15) is 0 Å². The van der Waals surface area contributed by atoms with Gasteiger partial charge in [0.1, 0.15) is 5.82 Å². The highest BCUT2D eigenvalue weighted by Gasteiger charge is 2.13. The third-order valence-electron chi connectivity index (χ3n) is 5.30. The molecule has 178 valence electrons. The predicted molar refractivity (Wildman–Crippen MR) is 139 cm³/mol. The molecule has 0 saturated carbocycles. The maximum Gasteiger partial charge on any atom is 0.216 e. The number of aromatic nitrogens is 3. The Morgan fingerprint density at radius 1 is 1.12 bits per heavy atom. The highest BCUT2D eigenvalue weighted by atomic mass is 127. The largest absolute Gasteiger partial charge is 0.461 e. The third kappa shape index (κ3) is 7.54. The van der Waals surface area contributed by atoms with Crippen molar-refractivity contribution in [1.82, 2.24) is 30.7 Å². The minimum atomic E-state index is 0. The van der Waals surface area contributed by atoms with Crippen LogP contribution in [-0.2, 0) is 24.2 Å². The van der Waals surface area contributed by atoms with Crippen LogP contribution in [0.5, 0.6) is 0 Å². The van der Waals surface area contributed by atoms with Gasteiger partial charge < -0.3 is 19.8 Å². The zero-order chi connectivity index (χ0) is 22.0. The van der Waals surface area contributed by atoms with E-state index in [4.69, 9.17) is 14.1 Å². The van der Waals surface area contributed by atoms with Crippen molar-refractivity contribution in [1.29, 1.82) is 0 Å². The first-order valence-electron chi connectivity index (χ1n) is 11.2. The van der Waals surface area contributed by atoms with Gasteiger partial charge in [-0.3, -0.25) is 10.00 Å². The molecule has 1 aliphatic rings. The smallest absolute Gasteiger partial charge is 0.216 e. The molecule has 0 spiro atoms. The molecule has 0 atom stereocenters. The molecule has 1 aliphatic heterocycles. The monoisotopic (exact) mass is 565 g/mol. The minimum Gasteiger partial charge on any atom is -0.461 e. The summed E-state index contributed by atoms with van der Waals surface area (Å²) in [5.41, 5.74) is 2.57.